The monoisotopic (exact) mass is 305 g/mol. The van der Waals surface area contributed by atoms with Crippen LogP contribution in [-0.2, 0) is 11.2 Å². The summed E-state index contributed by atoms with van der Waals surface area (Å²) in [6.07, 6.45) is 2.04. The minimum atomic E-state index is -0.0790. The summed E-state index contributed by atoms with van der Waals surface area (Å²) < 4.78 is 0. The Morgan fingerprint density at radius 3 is 2.61 bits per heavy atom. The van der Waals surface area contributed by atoms with E-state index in [2.05, 4.69) is 15.3 Å². The predicted molar refractivity (Wildman–Crippen MR) is 92.5 cm³/mol. The molecule has 0 bridgehead atoms. The summed E-state index contributed by atoms with van der Waals surface area (Å²) in [6.45, 7) is 5.96. The summed E-state index contributed by atoms with van der Waals surface area (Å²) in [6, 6.07) is 11.7. The molecule has 0 unspecified atom stereocenters. The van der Waals surface area contributed by atoms with Crippen LogP contribution in [0.3, 0.4) is 0 Å². The van der Waals surface area contributed by atoms with Crippen LogP contribution in [0.4, 0.5) is 5.82 Å². The van der Waals surface area contributed by atoms with E-state index in [1.54, 1.807) is 6.20 Å². The van der Waals surface area contributed by atoms with Crippen molar-refractivity contribution in [3.63, 3.8) is 0 Å². The maximum absolute atomic E-state index is 12.3. The highest BCUT2D eigenvalue weighted by Gasteiger charge is 2.13. The zero-order valence-electron chi connectivity index (χ0n) is 13.6. The lowest BCUT2D eigenvalue weighted by atomic mass is 9.99. The van der Waals surface area contributed by atoms with Gasteiger partial charge in [-0.15, -0.1) is 0 Å². The van der Waals surface area contributed by atoms with Crippen molar-refractivity contribution >= 4 is 22.6 Å². The number of para-hydroxylation sites is 1. The van der Waals surface area contributed by atoms with Crippen molar-refractivity contribution in [1.29, 1.82) is 0 Å². The van der Waals surface area contributed by atoms with E-state index in [1.165, 1.54) is 0 Å². The van der Waals surface area contributed by atoms with Crippen LogP contribution in [0.2, 0.25) is 0 Å². The molecule has 0 aliphatic rings. The maximum Gasteiger partial charge on any atom is 0.230 e. The Kier molecular flexibility index (Phi) is 4.06. The lowest BCUT2D eigenvalue weighted by Gasteiger charge is -2.12. The van der Waals surface area contributed by atoms with Crippen molar-refractivity contribution in [3.8, 4) is 0 Å². The number of carbonyl (C=O) groups is 1. The molecule has 1 N–H and O–H groups in total. The molecule has 0 aliphatic carbocycles. The van der Waals surface area contributed by atoms with Gasteiger partial charge in [0.25, 0.3) is 0 Å². The van der Waals surface area contributed by atoms with E-state index in [-0.39, 0.29) is 5.91 Å². The molecule has 3 rings (SSSR count). The van der Waals surface area contributed by atoms with Crippen LogP contribution in [-0.4, -0.2) is 15.9 Å². The van der Waals surface area contributed by atoms with E-state index in [0.29, 0.717) is 12.2 Å². The number of hydrogen-bond acceptors (Lipinski definition) is 3. The van der Waals surface area contributed by atoms with Gasteiger partial charge in [0.2, 0.25) is 5.91 Å². The van der Waals surface area contributed by atoms with Crippen LogP contribution < -0.4 is 5.32 Å². The third kappa shape index (κ3) is 3.21. The molecule has 1 amide bonds. The van der Waals surface area contributed by atoms with Crippen molar-refractivity contribution < 1.29 is 4.79 Å². The van der Waals surface area contributed by atoms with Gasteiger partial charge in [-0.05, 0) is 49.6 Å². The van der Waals surface area contributed by atoms with Crippen LogP contribution in [0, 0.1) is 20.8 Å². The molecule has 0 atom stereocenters. The first-order valence-corrected chi connectivity index (χ1v) is 7.62. The first-order valence-electron chi connectivity index (χ1n) is 7.62. The molecule has 4 heteroatoms. The Morgan fingerprint density at radius 1 is 1.09 bits per heavy atom. The lowest BCUT2D eigenvalue weighted by Crippen LogP contribution is -2.17. The average molecular weight is 305 g/mol. The molecule has 23 heavy (non-hydrogen) atoms. The van der Waals surface area contributed by atoms with E-state index in [9.17, 15) is 4.79 Å². The number of hydrogen-bond donors (Lipinski definition) is 1. The fourth-order valence-electron chi connectivity index (χ4n) is 2.72. The quantitative estimate of drug-likeness (QED) is 0.802. The normalized spacial score (nSPS) is 10.7. The summed E-state index contributed by atoms with van der Waals surface area (Å²) in [5.74, 6) is 0.495. The zero-order valence-corrected chi connectivity index (χ0v) is 13.6. The summed E-state index contributed by atoms with van der Waals surface area (Å²) in [5.41, 5.74) is 5.02. The van der Waals surface area contributed by atoms with Gasteiger partial charge in [-0.2, -0.15) is 0 Å². The first-order chi connectivity index (χ1) is 11.0. The molecule has 4 nitrogen and oxygen atoms in total. The highest BCUT2D eigenvalue weighted by molar-refractivity contribution is 5.93. The highest BCUT2D eigenvalue weighted by atomic mass is 16.1. The second kappa shape index (κ2) is 6.16. The summed E-state index contributed by atoms with van der Waals surface area (Å²) in [4.78, 5) is 21.1. The Balaban J connectivity index is 1.86. The fourth-order valence-corrected chi connectivity index (χ4v) is 2.72. The highest BCUT2D eigenvalue weighted by Crippen LogP contribution is 2.23. The molecule has 2 aromatic heterocycles. The lowest BCUT2D eigenvalue weighted by molar-refractivity contribution is -0.115. The minimum absolute atomic E-state index is 0.0790. The van der Waals surface area contributed by atoms with Gasteiger partial charge < -0.3 is 5.32 Å². The van der Waals surface area contributed by atoms with Gasteiger partial charge in [0.1, 0.15) is 5.82 Å². The minimum Gasteiger partial charge on any atom is -0.310 e. The number of aryl methyl sites for hydroxylation is 3. The molecule has 2 heterocycles. The topological polar surface area (TPSA) is 54.9 Å². The van der Waals surface area contributed by atoms with Gasteiger partial charge in [-0.3, -0.25) is 9.78 Å². The molecule has 0 saturated heterocycles. The Morgan fingerprint density at radius 2 is 1.87 bits per heavy atom. The van der Waals surface area contributed by atoms with E-state index >= 15 is 0 Å². The van der Waals surface area contributed by atoms with Gasteiger partial charge >= 0.3 is 0 Å². The van der Waals surface area contributed by atoms with Crippen LogP contribution >= 0.6 is 0 Å². The number of anilines is 1. The van der Waals surface area contributed by atoms with Gasteiger partial charge in [0, 0.05) is 17.3 Å². The Bertz CT molecular complexity index is 870. The smallest absolute Gasteiger partial charge is 0.230 e. The number of nitrogens with one attached hydrogen (secondary N) is 1. The van der Waals surface area contributed by atoms with Crippen LogP contribution in [0.5, 0.6) is 0 Å². The number of aromatic nitrogens is 2. The molecule has 0 fully saturated rings. The molecule has 116 valence electrons. The maximum atomic E-state index is 12.3. The molecule has 0 saturated carbocycles. The Labute approximate surface area is 135 Å². The third-order valence-electron chi connectivity index (χ3n) is 4.00. The van der Waals surface area contributed by atoms with Crippen molar-refractivity contribution in [3.05, 3.63) is 65.0 Å². The largest absolute Gasteiger partial charge is 0.310 e. The van der Waals surface area contributed by atoms with Gasteiger partial charge in [0.15, 0.2) is 0 Å². The number of benzene rings is 1. The summed E-state index contributed by atoms with van der Waals surface area (Å²) >= 11 is 0. The number of carbonyl (C=O) groups excluding carboxylic acids is 1. The van der Waals surface area contributed by atoms with Crippen LogP contribution in [0.25, 0.3) is 10.9 Å². The van der Waals surface area contributed by atoms with Gasteiger partial charge in [-0.25, -0.2) is 4.98 Å². The fraction of sp³-hybridized carbons (Fsp3) is 0.211. The molecule has 0 spiro atoms. The van der Waals surface area contributed by atoms with Gasteiger partial charge in [-0.1, -0.05) is 24.3 Å². The van der Waals surface area contributed by atoms with E-state index < -0.39 is 0 Å². The summed E-state index contributed by atoms with van der Waals surface area (Å²) in [7, 11) is 0. The van der Waals surface area contributed by atoms with E-state index in [4.69, 9.17) is 0 Å². The Hall–Kier alpha value is -2.75. The van der Waals surface area contributed by atoms with Crippen molar-refractivity contribution in [2.24, 2.45) is 0 Å². The average Bonchev–Trinajstić information content (AvgIpc) is 2.54. The molecular weight excluding hydrogens is 286 g/mol. The van der Waals surface area contributed by atoms with E-state index in [1.807, 2.05) is 57.2 Å². The standard InChI is InChI=1S/C19H19N3O/c1-12-8-9-18(20-11-12)22-19(23)10-16-13(2)15-6-4-5-7-17(15)21-14(16)3/h4-9,11H,10H2,1-3H3,(H,20,22,23). The zero-order chi connectivity index (χ0) is 16.4. The van der Waals surface area contributed by atoms with Crippen molar-refractivity contribution in [2.75, 3.05) is 5.32 Å². The number of amides is 1. The van der Waals surface area contributed by atoms with E-state index in [0.717, 1.165) is 33.3 Å². The van der Waals surface area contributed by atoms with Crippen LogP contribution in [0.1, 0.15) is 22.4 Å². The number of pyridine rings is 2. The van der Waals surface area contributed by atoms with Gasteiger partial charge in [0.05, 0.1) is 11.9 Å². The number of fused-ring (bicyclic) bond motifs is 1. The molecule has 3 aromatic rings. The third-order valence-corrected chi connectivity index (χ3v) is 4.00. The number of rotatable bonds is 3. The second-order valence-electron chi connectivity index (χ2n) is 5.76. The predicted octanol–water partition coefficient (Wildman–Crippen LogP) is 3.74. The van der Waals surface area contributed by atoms with Crippen molar-refractivity contribution in [1.82, 2.24) is 9.97 Å². The molecule has 0 aliphatic heterocycles. The second-order valence-corrected chi connectivity index (χ2v) is 5.76. The molecule has 1 aromatic carbocycles. The van der Waals surface area contributed by atoms with Crippen molar-refractivity contribution in [2.45, 2.75) is 27.2 Å². The first kappa shape index (κ1) is 15.2. The number of nitrogens with zero attached hydrogens (tertiary/aromatic N) is 2. The molecular formula is C19H19N3O. The summed E-state index contributed by atoms with van der Waals surface area (Å²) in [5, 5.41) is 3.93. The molecule has 0 radical (unpaired) electrons. The SMILES string of the molecule is Cc1ccc(NC(=O)Cc2c(C)nc3ccccc3c2C)nc1. The van der Waals surface area contributed by atoms with Crippen LogP contribution in [0.15, 0.2) is 42.6 Å².